The molecule has 0 aliphatic heterocycles. The van der Waals surface area contributed by atoms with Gasteiger partial charge in [0.25, 0.3) is 0 Å². The minimum absolute atomic E-state index is 0. The van der Waals surface area contributed by atoms with E-state index in [1.54, 1.807) is 23.5 Å². The Bertz CT molecular complexity index is 2710. The molecule has 1 radical (unpaired) electrons. The van der Waals surface area contributed by atoms with Crippen LogP contribution in [0, 0.1) is 25.2 Å². The summed E-state index contributed by atoms with van der Waals surface area (Å²) >= 11 is 1.66. The van der Waals surface area contributed by atoms with Crippen molar-refractivity contribution in [2.45, 2.75) is 20.1 Å². The summed E-state index contributed by atoms with van der Waals surface area (Å²) in [4.78, 5) is 9.19. The van der Waals surface area contributed by atoms with E-state index in [0.29, 0.717) is 11.3 Å². The van der Waals surface area contributed by atoms with E-state index in [1.165, 1.54) is 56.7 Å². The largest absolute Gasteiger partial charge is 0.333 e. The maximum Gasteiger partial charge on any atom is 0.0774 e. The van der Waals surface area contributed by atoms with Crippen molar-refractivity contribution >= 4 is 32.5 Å². The van der Waals surface area contributed by atoms with E-state index in [9.17, 15) is 0 Å². The van der Waals surface area contributed by atoms with E-state index in [1.807, 2.05) is 0 Å². The van der Waals surface area contributed by atoms with Gasteiger partial charge in [-0.05, 0) is 65.5 Å². The van der Waals surface area contributed by atoms with Gasteiger partial charge < -0.3 is 9.55 Å². The van der Waals surface area contributed by atoms with E-state index in [-0.39, 0.29) is 31.2 Å². The molecule has 9 aromatic rings. The fourth-order valence-electron chi connectivity index (χ4n) is 6.16. The van der Waals surface area contributed by atoms with Gasteiger partial charge in [0.1, 0.15) is 0 Å². The summed E-state index contributed by atoms with van der Waals surface area (Å²) in [7, 11) is 0. The molecule has 6 aromatic carbocycles. The summed E-state index contributed by atoms with van der Waals surface area (Å²) in [5, 5.41) is 4.79. The molecule has 0 fully saturated rings. The van der Waals surface area contributed by atoms with Gasteiger partial charge in [-0.25, -0.2) is 0 Å². The van der Waals surface area contributed by atoms with Gasteiger partial charge in [-0.1, -0.05) is 137 Å². The zero-order valence-corrected chi connectivity index (χ0v) is 31.1. The summed E-state index contributed by atoms with van der Waals surface area (Å²) in [5.74, 6) is 0.928. The molecule has 0 saturated heterocycles. The first kappa shape index (κ1) is 28.2. The molecule has 52 heavy (non-hydrogen) atoms. The van der Waals surface area contributed by atoms with Crippen molar-refractivity contribution in [2.24, 2.45) is 0 Å². The first-order chi connectivity index (χ1) is 27.5. The van der Waals surface area contributed by atoms with Crippen molar-refractivity contribution in [3.8, 4) is 39.5 Å². The number of fused-ring (bicyclic) bond motifs is 2. The van der Waals surface area contributed by atoms with Crippen LogP contribution in [0.15, 0.2) is 164 Å². The van der Waals surface area contributed by atoms with E-state index in [4.69, 9.17) is 13.2 Å². The third kappa shape index (κ3) is 7.58. The molecule has 0 aliphatic carbocycles. The van der Waals surface area contributed by atoms with Crippen molar-refractivity contribution in [3.05, 3.63) is 198 Å². The molecule has 0 unspecified atom stereocenters. The van der Waals surface area contributed by atoms with E-state index >= 15 is 0 Å². The van der Waals surface area contributed by atoms with Gasteiger partial charge in [-0.15, -0.1) is 46.8 Å². The summed E-state index contributed by atoms with van der Waals surface area (Å²) in [6.07, 6.45) is 2.21. The number of hydrogen-bond donors (Lipinski definition) is 0. The number of thiophene rings is 1. The Kier molecular flexibility index (Phi) is 8.58. The monoisotopic (exact) mass is 872 g/mol. The average molecular weight is 872 g/mol. The van der Waals surface area contributed by atoms with Crippen LogP contribution in [-0.4, -0.2) is 14.5 Å². The SMILES string of the molecule is [2H]C([2H])([2H])c1c[c-]c(-c2ccc(C([2H])([2H])[2H])cn2)cc1.[Ir].[c-]1sc2ccc(Cc3ccccc3)cc2c1-c1nc2ccccc2n1-c1ccc(-c2ccccc2)cc1. The maximum absolute atomic E-state index is 7.28. The second-order valence-electron chi connectivity index (χ2n) is 12.2. The van der Waals surface area contributed by atoms with Crippen LogP contribution < -0.4 is 0 Å². The Morgan fingerprint density at radius 2 is 1.42 bits per heavy atom. The topological polar surface area (TPSA) is 30.7 Å². The van der Waals surface area contributed by atoms with E-state index in [2.05, 4.69) is 148 Å². The van der Waals surface area contributed by atoms with E-state index < -0.39 is 13.7 Å². The second kappa shape index (κ2) is 15.8. The fourth-order valence-corrected chi connectivity index (χ4v) is 6.98. The van der Waals surface area contributed by atoms with Crippen LogP contribution in [0.25, 0.3) is 60.6 Å². The molecular formula is C47H35IrN3S-2. The predicted octanol–water partition coefficient (Wildman–Crippen LogP) is 12.1. The second-order valence-corrected chi connectivity index (χ2v) is 13.0. The van der Waals surface area contributed by atoms with Crippen molar-refractivity contribution in [1.82, 2.24) is 14.5 Å². The molecule has 3 heterocycles. The van der Waals surface area contributed by atoms with Gasteiger partial charge in [0.2, 0.25) is 0 Å². The molecule has 3 aromatic heterocycles. The Hall–Kier alpha value is -5.45. The molecule has 9 rings (SSSR count). The molecule has 255 valence electrons. The van der Waals surface area contributed by atoms with Crippen LogP contribution in [-0.2, 0) is 26.5 Å². The minimum atomic E-state index is -2.18. The molecule has 0 spiro atoms. The third-order valence-electron chi connectivity index (χ3n) is 8.70. The Morgan fingerprint density at radius 1 is 0.692 bits per heavy atom. The molecular weight excluding hydrogens is 831 g/mol. The van der Waals surface area contributed by atoms with Crippen molar-refractivity contribution in [1.29, 1.82) is 0 Å². The van der Waals surface area contributed by atoms with Crippen LogP contribution >= 0.6 is 11.3 Å². The molecule has 0 amide bonds. The quantitative estimate of drug-likeness (QED) is 0.156. The van der Waals surface area contributed by atoms with Crippen molar-refractivity contribution in [2.75, 3.05) is 0 Å². The van der Waals surface area contributed by atoms with Crippen LogP contribution in [0.1, 0.15) is 30.5 Å². The van der Waals surface area contributed by atoms with Crippen LogP contribution in [0.3, 0.4) is 0 Å². The summed E-state index contributed by atoms with van der Waals surface area (Å²) in [6.45, 7) is -4.34. The standard InChI is InChI=1S/C34H23N2S.C13H12N.Ir/c1-3-9-24(10-4-1)21-25-15-20-33-29(22-25)30(23-37-33)34-35-31-13-7-8-14-32(31)36(34)28-18-16-27(17-19-28)26-11-5-2-6-12-26;1-10-3-6-12(7-4-10)13-8-5-11(2)9-14-13;/h1-20,22H,21H2;3-6,8-9H,1-2H3;/q2*-1;/i;1D3,2D3;. The number of rotatable bonds is 6. The number of para-hydroxylation sites is 2. The molecule has 0 bridgehead atoms. The zero-order valence-electron chi connectivity index (χ0n) is 33.9. The zero-order chi connectivity index (χ0) is 39.6. The first-order valence-electron chi connectivity index (χ1n) is 19.6. The predicted molar refractivity (Wildman–Crippen MR) is 213 cm³/mol. The van der Waals surface area contributed by atoms with E-state index in [0.717, 1.165) is 34.5 Å². The van der Waals surface area contributed by atoms with Gasteiger partial charge in [-0.2, -0.15) is 0 Å². The summed E-state index contributed by atoms with van der Waals surface area (Å²) in [5.41, 5.74) is 10.8. The Balaban J connectivity index is 0.000000208. The van der Waals surface area contributed by atoms with Gasteiger partial charge in [-0.3, -0.25) is 16.3 Å². The average Bonchev–Trinajstić information content (AvgIpc) is 3.83. The van der Waals surface area contributed by atoms with Gasteiger partial charge >= 0.3 is 0 Å². The van der Waals surface area contributed by atoms with Crippen LogP contribution in [0.2, 0.25) is 0 Å². The molecule has 0 atom stereocenters. The normalized spacial score (nSPS) is 13.0. The fraction of sp³-hybridized carbons (Fsp3) is 0.0638. The number of aryl methyl sites for hydroxylation is 2. The number of aromatic nitrogens is 3. The van der Waals surface area contributed by atoms with Crippen LogP contribution in [0.5, 0.6) is 0 Å². The Labute approximate surface area is 331 Å². The van der Waals surface area contributed by atoms with Gasteiger partial charge in [0, 0.05) is 40.2 Å². The first-order valence-corrected chi connectivity index (χ1v) is 17.4. The number of imidazole rings is 1. The number of benzene rings is 6. The molecule has 3 nitrogen and oxygen atoms in total. The molecule has 5 heteroatoms. The molecule has 0 N–H and O–H groups in total. The number of nitrogens with zero attached hydrogens (tertiary/aromatic N) is 3. The van der Waals surface area contributed by atoms with Gasteiger partial charge in [0.05, 0.1) is 16.9 Å². The van der Waals surface area contributed by atoms with Crippen molar-refractivity contribution in [3.63, 3.8) is 0 Å². The summed E-state index contributed by atoms with van der Waals surface area (Å²) in [6, 6.07) is 55.5. The molecule has 0 saturated carbocycles. The number of hydrogen-bond acceptors (Lipinski definition) is 3. The summed E-state index contributed by atoms with van der Waals surface area (Å²) < 4.78 is 47.1. The van der Waals surface area contributed by atoms with Crippen molar-refractivity contribution < 1.29 is 28.3 Å². The van der Waals surface area contributed by atoms with Crippen LogP contribution in [0.4, 0.5) is 0 Å². The Morgan fingerprint density at radius 3 is 2.15 bits per heavy atom. The minimum Gasteiger partial charge on any atom is -0.333 e. The maximum atomic E-state index is 7.28. The number of pyridine rings is 1. The molecule has 0 aliphatic rings. The van der Waals surface area contributed by atoms with Gasteiger partial charge in [0.15, 0.2) is 0 Å². The smallest absolute Gasteiger partial charge is 0.0774 e. The third-order valence-corrected chi connectivity index (χ3v) is 9.58.